The van der Waals surface area contributed by atoms with E-state index < -0.39 is 11.8 Å². The second-order valence-corrected chi connectivity index (χ2v) is 6.45. The Labute approximate surface area is 173 Å². The zero-order valence-corrected chi connectivity index (χ0v) is 16.5. The zero-order valence-electron chi connectivity index (χ0n) is 16.5. The Kier molecular flexibility index (Phi) is 6.22. The van der Waals surface area contributed by atoms with Gasteiger partial charge in [-0.3, -0.25) is 9.59 Å². The van der Waals surface area contributed by atoms with Crippen LogP contribution in [0.1, 0.15) is 50.5 Å². The zero-order chi connectivity index (χ0) is 21.7. The van der Waals surface area contributed by atoms with Crippen LogP contribution in [0.25, 0.3) is 0 Å². The lowest BCUT2D eigenvalue weighted by Gasteiger charge is -2.12. The SMILES string of the molecule is CCOC(=O)c1cc(C(=O)c2ccccc2O)cnc1Nc1ccc(C(C)=O)cc1. The van der Waals surface area contributed by atoms with Gasteiger partial charge in [0.25, 0.3) is 0 Å². The maximum absolute atomic E-state index is 12.8. The van der Waals surface area contributed by atoms with Gasteiger partial charge in [0.1, 0.15) is 17.1 Å². The van der Waals surface area contributed by atoms with Crippen LogP contribution in [-0.4, -0.2) is 34.2 Å². The van der Waals surface area contributed by atoms with Crippen molar-refractivity contribution in [1.82, 2.24) is 4.98 Å². The molecule has 1 aromatic heterocycles. The fourth-order valence-corrected chi connectivity index (χ4v) is 2.80. The average molecular weight is 404 g/mol. The minimum Gasteiger partial charge on any atom is -0.507 e. The Morgan fingerprint density at radius 2 is 1.70 bits per heavy atom. The van der Waals surface area contributed by atoms with Gasteiger partial charge in [0.05, 0.1) is 12.2 Å². The van der Waals surface area contributed by atoms with Gasteiger partial charge in [0.2, 0.25) is 0 Å². The second kappa shape index (κ2) is 9.00. The van der Waals surface area contributed by atoms with E-state index in [0.717, 1.165) is 0 Å². The summed E-state index contributed by atoms with van der Waals surface area (Å²) in [4.78, 5) is 40.9. The topological polar surface area (TPSA) is 106 Å². The summed E-state index contributed by atoms with van der Waals surface area (Å²) in [6.07, 6.45) is 1.32. The highest BCUT2D eigenvalue weighted by Gasteiger charge is 2.20. The molecule has 30 heavy (non-hydrogen) atoms. The van der Waals surface area contributed by atoms with Gasteiger partial charge in [0.15, 0.2) is 11.6 Å². The molecule has 0 unspecified atom stereocenters. The molecule has 7 heteroatoms. The van der Waals surface area contributed by atoms with Crippen LogP contribution in [0.5, 0.6) is 5.75 Å². The van der Waals surface area contributed by atoms with Gasteiger partial charge in [-0.05, 0) is 56.3 Å². The van der Waals surface area contributed by atoms with Crippen molar-refractivity contribution in [2.75, 3.05) is 11.9 Å². The summed E-state index contributed by atoms with van der Waals surface area (Å²) >= 11 is 0. The van der Waals surface area contributed by atoms with Crippen LogP contribution in [-0.2, 0) is 4.74 Å². The molecule has 0 fully saturated rings. The number of para-hydroxylation sites is 1. The molecule has 0 saturated heterocycles. The van der Waals surface area contributed by atoms with Crippen molar-refractivity contribution < 1.29 is 24.2 Å². The van der Waals surface area contributed by atoms with Crippen LogP contribution >= 0.6 is 0 Å². The molecule has 0 amide bonds. The van der Waals surface area contributed by atoms with E-state index >= 15 is 0 Å². The van der Waals surface area contributed by atoms with Gasteiger partial charge in [-0.25, -0.2) is 9.78 Å². The van der Waals surface area contributed by atoms with Crippen LogP contribution in [0.3, 0.4) is 0 Å². The molecule has 0 atom stereocenters. The Balaban J connectivity index is 1.97. The highest BCUT2D eigenvalue weighted by molar-refractivity contribution is 6.11. The molecule has 7 nitrogen and oxygen atoms in total. The number of hydrogen-bond donors (Lipinski definition) is 2. The quantitative estimate of drug-likeness (QED) is 0.450. The van der Waals surface area contributed by atoms with E-state index in [-0.39, 0.29) is 40.6 Å². The maximum Gasteiger partial charge on any atom is 0.341 e. The van der Waals surface area contributed by atoms with Crippen LogP contribution in [0.15, 0.2) is 60.8 Å². The van der Waals surface area contributed by atoms with E-state index in [1.54, 1.807) is 43.3 Å². The molecule has 3 aromatic rings. The molecule has 0 aliphatic rings. The lowest BCUT2D eigenvalue weighted by molar-refractivity contribution is 0.0527. The molecule has 0 aliphatic heterocycles. The molecule has 0 aliphatic carbocycles. The highest BCUT2D eigenvalue weighted by Crippen LogP contribution is 2.24. The summed E-state index contributed by atoms with van der Waals surface area (Å²) in [6, 6.07) is 14.2. The summed E-state index contributed by atoms with van der Waals surface area (Å²) < 4.78 is 5.10. The van der Waals surface area contributed by atoms with E-state index in [1.165, 1.54) is 31.3 Å². The Morgan fingerprint density at radius 3 is 2.33 bits per heavy atom. The standard InChI is InChI=1S/C23H20N2O5/c1-3-30-23(29)19-12-16(21(28)18-6-4-5-7-20(18)27)13-24-22(19)25-17-10-8-15(9-11-17)14(2)26/h4-13,27H,3H2,1-2H3,(H,24,25). The first-order valence-corrected chi connectivity index (χ1v) is 9.28. The molecular weight excluding hydrogens is 384 g/mol. The molecule has 3 rings (SSSR count). The first kappa shape index (κ1) is 20.7. The minimum absolute atomic E-state index is 0.0566. The number of pyridine rings is 1. The number of ketones is 2. The monoisotopic (exact) mass is 404 g/mol. The summed E-state index contributed by atoms with van der Waals surface area (Å²) in [5.74, 6) is -1.12. The van der Waals surface area contributed by atoms with Crippen LogP contribution in [0, 0.1) is 0 Å². The minimum atomic E-state index is -0.639. The molecule has 1 heterocycles. The van der Waals surface area contributed by atoms with Crippen molar-refractivity contribution in [1.29, 1.82) is 0 Å². The Hall–Kier alpha value is -4.00. The maximum atomic E-state index is 12.8. The third-order valence-electron chi connectivity index (χ3n) is 4.35. The van der Waals surface area contributed by atoms with Gasteiger partial charge in [-0.2, -0.15) is 0 Å². The first-order valence-electron chi connectivity index (χ1n) is 9.28. The number of rotatable bonds is 7. The van der Waals surface area contributed by atoms with Crippen molar-refractivity contribution in [3.8, 4) is 5.75 Å². The van der Waals surface area contributed by atoms with E-state index in [0.29, 0.717) is 11.3 Å². The lowest BCUT2D eigenvalue weighted by Crippen LogP contribution is -2.12. The van der Waals surface area contributed by atoms with E-state index in [1.807, 2.05) is 0 Å². The third-order valence-corrected chi connectivity index (χ3v) is 4.35. The largest absolute Gasteiger partial charge is 0.507 e. The first-order chi connectivity index (χ1) is 14.4. The second-order valence-electron chi connectivity index (χ2n) is 6.45. The number of benzene rings is 2. The molecular formula is C23H20N2O5. The van der Waals surface area contributed by atoms with Crippen molar-refractivity contribution in [3.63, 3.8) is 0 Å². The van der Waals surface area contributed by atoms with Gasteiger partial charge < -0.3 is 15.2 Å². The van der Waals surface area contributed by atoms with Crippen molar-refractivity contribution in [2.24, 2.45) is 0 Å². The van der Waals surface area contributed by atoms with Crippen LogP contribution in [0.4, 0.5) is 11.5 Å². The number of phenolic OH excluding ortho intramolecular Hbond substituents is 1. The number of Topliss-reactive ketones (excluding diaryl/α,β-unsaturated/α-hetero) is 1. The fraction of sp³-hybridized carbons (Fsp3) is 0.130. The lowest BCUT2D eigenvalue weighted by atomic mass is 10.0. The Morgan fingerprint density at radius 1 is 1.00 bits per heavy atom. The van der Waals surface area contributed by atoms with E-state index in [9.17, 15) is 19.5 Å². The molecule has 152 valence electrons. The number of hydrogen-bond acceptors (Lipinski definition) is 7. The number of aromatic hydroxyl groups is 1. The predicted octanol–water partition coefficient (Wildman–Crippen LogP) is 4.14. The number of nitrogens with zero attached hydrogens (tertiary/aromatic N) is 1. The van der Waals surface area contributed by atoms with Crippen LogP contribution < -0.4 is 5.32 Å². The number of anilines is 2. The number of phenols is 1. The van der Waals surface area contributed by atoms with Crippen molar-refractivity contribution in [3.05, 3.63) is 83.0 Å². The average Bonchev–Trinajstić information content (AvgIpc) is 2.74. The van der Waals surface area contributed by atoms with Gasteiger partial charge >= 0.3 is 5.97 Å². The summed E-state index contributed by atoms with van der Waals surface area (Å²) in [7, 11) is 0. The number of ether oxygens (including phenoxy) is 1. The highest BCUT2D eigenvalue weighted by atomic mass is 16.5. The smallest absolute Gasteiger partial charge is 0.341 e. The molecule has 0 bridgehead atoms. The molecule has 0 spiro atoms. The van der Waals surface area contributed by atoms with E-state index in [2.05, 4.69) is 10.3 Å². The summed E-state index contributed by atoms with van der Waals surface area (Å²) in [6.45, 7) is 3.31. The van der Waals surface area contributed by atoms with Crippen molar-refractivity contribution >= 4 is 29.0 Å². The number of aromatic nitrogens is 1. The molecule has 0 saturated carbocycles. The van der Waals surface area contributed by atoms with Gasteiger partial charge in [0, 0.05) is 23.0 Å². The van der Waals surface area contributed by atoms with Crippen LogP contribution in [0.2, 0.25) is 0 Å². The molecule has 0 radical (unpaired) electrons. The predicted molar refractivity (Wildman–Crippen MR) is 111 cm³/mol. The molecule has 2 N–H and O–H groups in total. The third kappa shape index (κ3) is 4.52. The fourth-order valence-electron chi connectivity index (χ4n) is 2.80. The van der Waals surface area contributed by atoms with Gasteiger partial charge in [-0.15, -0.1) is 0 Å². The summed E-state index contributed by atoms with van der Waals surface area (Å²) in [5, 5.41) is 13.0. The van der Waals surface area contributed by atoms with E-state index in [4.69, 9.17) is 4.74 Å². The molecule has 2 aromatic carbocycles. The number of esters is 1. The van der Waals surface area contributed by atoms with Crippen molar-refractivity contribution in [2.45, 2.75) is 13.8 Å². The number of nitrogens with one attached hydrogen (secondary N) is 1. The normalized spacial score (nSPS) is 10.3. The van der Waals surface area contributed by atoms with Gasteiger partial charge in [-0.1, -0.05) is 12.1 Å². The number of carbonyl (C=O) groups excluding carboxylic acids is 3. The Bertz CT molecular complexity index is 1110. The summed E-state index contributed by atoms with van der Waals surface area (Å²) in [5.41, 5.74) is 1.49. The number of carbonyl (C=O) groups is 3.